The highest BCUT2D eigenvalue weighted by Crippen LogP contribution is 2.45. The van der Waals surface area contributed by atoms with E-state index in [-0.39, 0.29) is 25.7 Å². The van der Waals surface area contributed by atoms with Crippen molar-refractivity contribution in [1.82, 2.24) is 0 Å². The van der Waals surface area contributed by atoms with Gasteiger partial charge in [-0.05, 0) is 51.4 Å². The molecule has 5 atom stereocenters. The minimum atomic E-state index is -4.97. The van der Waals surface area contributed by atoms with Gasteiger partial charge in [0.05, 0.1) is 26.4 Å². The Labute approximate surface area is 656 Å². The molecule has 0 aliphatic carbocycles. The smallest absolute Gasteiger partial charge is 0.462 e. The summed E-state index contributed by atoms with van der Waals surface area (Å²) in [6.45, 7) is 4.99. The van der Waals surface area contributed by atoms with Gasteiger partial charge in [0.2, 0.25) is 0 Å². The molecule has 3 N–H and O–H groups in total. The van der Waals surface area contributed by atoms with Gasteiger partial charge in [-0.1, -0.05) is 405 Å². The molecule has 17 nitrogen and oxygen atoms in total. The molecule has 0 spiro atoms. The first-order chi connectivity index (χ1) is 52.2. The van der Waals surface area contributed by atoms with Crippen molar-refractivity contribution in [1.29, 1.82) is 0 Å². The zero-order chi connectivity index (χ0) is 78.1. The van der Waals surface area contributed by atoms with Crippen LogP contribution in [0.3, 0.4) is 0 Å². The quantitative estimate of drug-likeness (QED) is 0.0169. The number of carbonyl (C=O) groups is 4. The maximum Gasteiger partial charge on any atom is 0.472 e. The Morgan fingerprint density at radius 2 is 0.449 bits per heavy atom. The molecule has 107 heavy (non-hydrogen) atoms. The highest BCUT2D eigenvalue weighted by molar-refractivity contribution is 7.47. The first kappa shape index (κ1) is 105. The number of hydrogen-bond acceptors (Lipinski definition) is 15. The number of allylic oxidation sites excluding steroid dienone is 4. The van der Waals surface area contributed by atoms with Crippen molar-refractivity contribution in [3.05, 3.63) is 24.3 Å². The van der Waals surface area contributed by atoms with Crippen LogP contribution in [0.15, 0.2) is 24.3 Å². The second-order valence-electron chi connectivity index (χ2n) is 30.9. The third-order valence-electron chi connectivity index (χ3n) is 20.2. The molecule has 0 amide bonds. The Morgan fingerprint density at radius 1 is 0.262 bits per heavy atom. The van der Waals surface area contributed by atoms with Crippen LogP contribution in [0.1, 0.15) is 458 Å². The van der Waals surface area contributed by atoms with Crippen LogP contribution in [0.5, 0.6) is 0 Å². The summed E-state index contributed by atoms with van der Waals surface area (Å²) in [5, 5.41) is 10.7. The first-order valence-electron chi connectivity index (χ1n) is 45.1. The summed E-state index contributed by atoms with van der Waals surface area (Å²) in [4.78, 5) is 73.2. The number of ether oxygens (including phenoxy) is 4. The lowest BCUT2D eigenvalue weighted by atomic mass is 10.0. The summed E-state index contributed by atoms with van der Waals surface area (Å²) < 4.78 is 68.9. The second-order valence-corrected chi connectivity index (χ2v) is 33.9. The molecule has 0 heterocycles. The van der Waals surface area contributed by atoms with Gasteiger partial charge in [0.1, 0.15) is 19.3 Å². The average Bonchev–Trinajstić information content (AvgIpc) is 0.901. The predicted molar refractivity (Wildman–Crippen MR) is 441 cm³/mol. The van der Waals surface area contributed by atoms with Crippen LogP contribution >= 0.6 is 15.6 Å². The highest BCUT2D eigenvalue weighted by atomic mass is 31.2. The number of unbranched alkanes of at least 4 members (excludes halogenated alkanes) is 58. The molecule has 0 bridgehead atoms. The molecule has 0 rings (SSSR count). The monoisotopic (exact) mass is 1560 g/mol. The van der Waals surface area contributed by atoms with Gasteiger partial charge in [-0.15, -0.1) is 0 Å². The number of aliphatic hydroxyl groups is 1. The maximum atomic E-state index is 13.2. The van der Waals surface area contributed by atoms with Gasteiger partial charge in [-0.3, -0.25) is 37.3 Å². The lowest BCUT2D eigenvalue weighted by Gasteiger charge is -2.21. The molecule has 2 unspecified atom stereocenters. The number of phosphoric ester groups is 2. The van der Waals surface area contributed by atoms with Crippen molar-refractivity contribution >= 4 is 39.5 Å². The molecule has 0 fully saturated rings. The van der Waals surface area contributed by atoms with Gasteiger partial charge in [0.25, 0.3) is 0 Å². The van der Waals surface area contributed by atoms with Crippen molar-refractivity contribution in [2.45, 2.75) is 476 Å². The summed E-state index contributed by atoms with van der Waals surface area (Å²) >= 11 is 0. The van der Waals surface area contributed by atoms with E-state index in [1.165, 1.54) is 276 Å². The van der Waals surface area contributed by atoms with E-state index in [9.17, 15) is 43.2 Å². The zero-order valence-electron chi connectivity index (χ0n) is 69.6. The van der Waals surface area contributed by atoms with Crippen molar-refractivity contribution in [2.24, 2.45) is 0 Å². The van der Waals surface area contributed by atoms with Crippen LogP contribution in [0.4, 0.5) is 0 Å². The highest BCUT2D eigenvalue weighted by Gasteiger charge is 2.30. The van der Waals surface area contributed by atoms with Gasteiger partial charge in [-0.2, -0.15) is 0 Å². The number of esters is 4. The Hall–Kier alpha value is -2.46. The Kier molecular flexibility index (Phi) is 79.7. The molecular formula is C88H168O17P2. The standard InChI is InChI=1S/C88H168O17P2/c1-5-9-13-17-21-25-29-32-35-37-39-41-43-45-48-51-55-59-63-67-71-75-88(93)105-84(79-99-86(91)73-69-65-61-57-53-49-47-44-42-40-38-36-33-30-26-22-18-14-10-6-2)81-103-107(96,97)101-77-82(89)76-100-106(94,95)102-80-83(78-98-85(90)72-68-64-60-56-52-28-24-20-16-12-8-4)104-87(92)74-70-66-62-58-54-50-46-34-31-27-23-19-15-11-7-3/h27,31,34,46,82-84,89H,5-26,28-30,32-33,35-45,47-81H2,1-4H3,(H,94,95)(H,96,97)/b31-27-,46-34-/t82-,83+,84+/m0/s1. The number of rotatable bonds is 87. The van der Waals surface area contributed by atoms with E-state index in [0.29, 0.717) is 25.7 Å². The summed E-state index contributed by atoms with van der Waals surface area (Å²) in [5.41, 5.74) is 0. The summed E-state index contributed by atoms with van der Waals surface area (Å²) in [6.07, 6.45) is 80.0. The lowest BCUT2D eigenvalue weighted by molar-refractivity contribution is -0.161. The van der Waals surface area contributed by atoms with E-state index in [1.54, 1.807) is 0 Å². The third-order valence-corrected chi connectivity index (χ3v) is 22.1. The second kappa shape index (κ2) is 81.6. The molecule has 632 valence electrons. The van der Waals surface area contributed by atoms with E-state index >= 15 is 0 Å². The third kappa shape index (κ3) is 81.4. The van der Waals surface area contributed by atoms with Crippen LogP contribution in [0, 0.1) is 0 Å². The molecular weight excluding hydrogens is 1390 g/mol. The molecule has 0 aromatic carbocycles. The average molecular weight is 1560 g/mol. The summed E-state index contributed by atoms with van der Waals surface area (Å²) in [7, 11) is -9.94. The Morgan fingerprint density at radius 3 is 0.682 bits per heavy atom. The minimum Gasteiger partial charge on any atom is -0.462 e. The van der Waals surface area contributed by atoms with Gasteiger partial charge in [0, 0.05) is 25.7 Å². The molecule has 0 saturated carbocycles. The number of aliphatic hydroxyl groups excluding tert-OH is 1. The van der Waals surface area contributed by atoms with E-state index in [0.717, 1.165) is 103 Å². The van der Waals surface area contributed by atoms with Crippen LogP contribution in [0.25, 0.3) is 0 Å². The van der Waals surface area contributed by atoms with E-state index in [1.807, 2.05) is 0 Å². The fraction of sp³-hybridized carbons (Fsp3) is 0.909. The molecule has 0 radical (unpaired) electrons. The molecule has 19 heteroatoms. The van der Waals surface area contributed by atoms with Gasteiger partial charge in [0.15, 0.2) is 12.2 Å². The zero-order valence-corrected chi connectivity index (χ0v) is 71.4. The van der Waals surface area contributed by atoms with Crippen LogP contribution in [-0.4, -0.2) is 96.7 Å². The van der Waals surface area contributed by atoms with Crippen LogP contribution in [-0.2, 0) is 65.4 Å². The van der Waals surface area contributed by atoms with Crippen molar-refractivity contribution in [2.75, 3.05) is 39.6 Å². The van der Waals surface area contributed by atoms with Crippen molar-refractivity contribution in [3.63, 3.8) is 0 Å². The Bertz CT molecular complexity index is 2110. The molecule has 0 aliphatic heterocycles. The Balaban J connectivity index is 5.25. The largest absolute Gasteiger partial charge is 0.472 e. The molecule has 0 saturated heterocycles. The number of carbonyl (C=O) groups excluding carboxylic acids is 4. The fourth-order valence-electron chi connectivity index (χ4n) is 13.3. The van der Waals surface area contributed by atoms with Gasteiger partial charge < -0.3 is 33.8 Å². The van der Waals surface area contributed by atoms with E-state index in [2.05, 4.69) is 52.0 Å². The molecule has 0 aromatic rings. The normalized spacial score (nSPS) is 13.8. The first-order valence-corrected chi connectivity index (χ1v) is 48.1. The van der Waals surface area contributed by atoms with E-state index in [4.69, 9.17) is 37.0 Å². The predicted octanol–water partition coefficient (Wildman–Crippen LogP) is 26.9. The molecule has 0 aromatic heterocycles. The fourth-order valence-corrected chi connectivity index (χ4v) is 14.9. The van der Waals surface area contributed by atoms with Gasteiger partial charge in [-0.25, -0.2) is 9.13 Å². The summed E-state index contributed by atoms with van der Waals surface area (Å²) in [5.74, 6) is -2.13. The minimum absolute atomic E-state index is 0.0860. The number of hydrogen-bond donors (Lipinski definition) is 3. The number of phosphoric acid groups is 2. The van der Waals surface area contributed by atoms with Crippen LogP contribution < -0.4 is 0 Å². The molecule has 0 aliphatic rings. The summed E-state index contributed by atoms with van der Waals surface area (Å²) in [6, 6.07) is 0. The van der Waals surface area contributed by atoms with Gasteiger partial charge >= 0.3 is 39.5 Å². The SMILES string of the molecule is CCCCCC/C=C\C=C/CCCCCCCC(=O)O[C@H](COC(=O)CCCCCCCCCCCCC)COP(=O)(O)OC[C@H](O)COP(=O)(O)OC[C@@H](COC(=O)CCCCCCCCCCCCCCCCCCCCCC)OC(=O)CCCCCCCCCCCCCCCCCCCCCCC. The van der Waals surface area contributed by atoms with E-state index < -0.39 is 97.5 Å². The van der Waals surface area contributed by atoms with Crippen molar-refractivity contribution < 1.29 is 80.2 Å². The topological polar surface area (TPSA) is 237 Å². The van der Waals surface area contributed by atoms with Crippen molar-refractivity contribution in [3.8, 4) is 0 Å². The van der Waals surface area contributed by atoms with Crippen LogP contribution in [0.2, 0.25) is 0 Å². The lowest BCUT2D eigenvalue weighted by Crippen LogP contribution is -2.30. The maximum absolute atomic E-state index is 13.2.